The molecule has 0 spiro atoms. The Morgan fingerprint density at radius 2 is 1.94 bits per heavy atom. The minimum absolute atomic E-state index is 0.247. The maximum absolute atomic E-state index is 11.4. The Hall–Kier alpha value is -1.76. The predicted molar refractivity (Wildman–Crippen MR) is 56.5 cm³/mol. The standard InChI is InChI=1S/C7H9N4O4P/c8-16(9,15)10-7(12)5-3-1-2-4-6(5)11(13)14/h1-4H,(H5,8,9,10,12,15). The summed E-state index contributed by atoms with van der Waals surface area (Å²) in [5, 5.41) is 12.4. The smallest absolute Gasteiger partial charge is 0.279 e. The number of carbonyl (C=O) groups is 1. The van der Waals surface area contributed by atoms with Gasteiger partial charge in [0.05, 0.1) is 4.92 Å². The highest BCUT2D eigenvalue weighted by Gasteiger charge is 2.22. The number of amides is 1. The molecule has 9 heteroatoms. The lowest BCUT2D eigenvalue weighted by atomic mass is 10.2. The maximum Gasteiger partial charge on any atom is 0.300 e. The lowest BCUT2D eigenvalue weighted by Crippen LogP contribution is -2.28. The predicted octanol–water partition coefficient (Wildman–Crippen LogP) is 0.350. The second kappa shape index (κ2) is 4.40. The van der Waals surface area contributed by atoms with Crippen molar-refractivity contribution < 1.29 is 14.3 Å². The average Bonchev–Trinajstić information content (AvgIpc) is 2.15. The molecule has 1 aromatic carbocycles. The molecule has 0 heterocycles. The van der Waals surface area contributed by atoms with Crippen LogP contribution in [0.4, 0.5) is 5.69 Å². The number of nitrogens with zero attached hydrogens (tertiary/aromatic N) is 1. The van der Waals surface area contributed by atoms with Crippen molar-refractivity contribution in [1.29, 1.82) is 0 Å². The van der Waals surface area contributed by atoms with E-state index in [1.807, 2.05) is 0 Å². The summed E-state index contributed by atoms with van der Waals surface area (Å²) in [7, 11) is -3.76. The third-order valence-electron chi connectivity index (χ3n) is 1.62. The van der Waals surface area contributed by atoms with Crippen LogP contribution in [0.15, 0.2) is 24.3 Å². The third kappa shape index (κ3) is 3.13. The molecule has 16 heavy (non-hydrogen) atoms. The largest absolute Gasteiger partial charge is 0.300 e. The summed E-state index contributed by atoms with van der Waals surface area (Å²) >= 11 is 0. The summed E-state index contributed by atoms with van der Waals surface area (Å²) in [5.41, 5.74) is 9.21. The first-order valence-electron chi connectivity index (χ1n) is 4.04. The van der Waals surface area contributed by atoms with E-state index in [9.17, 15) is 19.5 Å². The minimum atomic E-state index is -3.76. The molecular formula is C7H9N4O4P. The Balaban J connectivity index is 3.09. The molecule has 0 fully saturated rings. The Bertz CT molecular complexity index is 483. The summed E-state index contributed by atoms with van der Waals surface area (Å²) in [5.74, 6) is -0.944. The Morgan fingerprint density at radius 1 is 1.38 bits per heavy atom. The first-order valence-corrected chi connectivity index (χ1v) is 5.89. The Kier molecular flexibility index (Phi) is 3.38. The zero-order valence-corrected chi connectivity index (χ0v) is 8.89. The zero-order valence-electron chi connectivity index (χ0n) is 7.99. The van der Waals surface area contributed by atoms with Gasteiger partial charge in [-0.3, -0.25) is 35.6 Å². The van der Waals surface area contributed by atoms with Crippen LogP contribution in [0.2, 0.25) is 0 Å². The number of carbonyl (C=O) groups excluding carboxylic acids is 1. The van der Waals surface area contributed by atoms with Crippen LogP contribution in [0.5, 0.6) is 0 Å². The molecule has 0 radical (unpaired) electrons. The molecule has 8 nitrogen and oxygen atoms in total. The van der Waals surface area contributed by atoms with Crippen molar-refractivity contribution in [2.45, 2.75) is 0 Å². The van der Waals surface area contributed by atoms with Crippen molar-refractivity contribution in [3.05, 3.63) is 39.9 Å². The number of nitrogens with two attached hydrogens (primary N) is 2. The van der Waals surface area contributed by atoms with E-state index in [4.69, 9.17) is 11.0 Å². The quantitative estimate of drug-likeness (QED) is 0.398. The molecule has 1 aromatic rings. The third-order valence-corrected chi connectivity index (χ3v) is 2.17. The molecule has 0 aliphatic rings. The van der Waals surface area contributed by atoms with Gasteiger partial charge in [0, 0.05) is 6.07 Å². The molecule has 0 saturated carbocycles. The molecule has 1 amide bonds. The van der Waals surface area contributed by atoms with Gasteiger partial charge in [0.25, 0.3) is 11.6 Å². The summed E-state index contributed by atoms with van der Waals surface area (Å²) in [4.78, 5) is 21.3. The number of nitrogens with one attached hydrogen (secondary N) is 1. The Morgan fingerprint density at radius 3 is 2.44 bits per heavy atom. The van der Waals surface area contributed by atoms with Crippen molar-refractivity contribution in [2.75, 3.05) is 0 Å². The highest BCUT2D eigenvalue weighted by atomic mass is 31.2. The Labute approximate surface area is 90.3 Å². The van der Waals surface area contributed by atoms with Crippen LogP contribution in [-0.4, -0.2) is 10.8 Å². The molecule has 0 atom stereocenters. The monoisotopic (exact) mass is 244 g/mol. The van der Waals surface area contributed by atoms with Crippen LogP contribution >= 0.6 is 7.59 Å². The molecule has 0 aliphatic heterocycles. The molecule has 86 valence electrons. The molecule has 0 saturated heterocycles. The molecule has 0 bridgehead atoms. The van der Waals surface area contributed by atoms with Gasteiger partial charge in [0.15, 0.2) is 0 Å². The summed E-state index contributed by atoms with van der Waals surface area (Å²) in [6, 6.07) is 5.19. The average molecular weight is 244 g/mol. The van der Waals surface area contributed by atoms with Gasteiger partial charge in [-0.25, -0.2) is 0 Å². The fourth-order valence-corrected chi connectivity index (χ4v) is 1.48. The summed E-state index contributed by atoms with van der Waals surface area (Å²) < 4.78 is 10.9. The van der Waals surface area contributed by atoms with E-state index >= 15 is 0 Å². The van der Waals surface area contributed by atoms with Crippen LogP contribution in [0.1, 0.15) is 10.4 Å². The maximum atomic E-state index is 11.4. The molecule has 0 aliphatic carbocycles. The van der Waals surface area contributed by atoms with Gasteiger partial charge >= 0.3 is 7.59 Å². The van der Waals surface area contributed by atoms with Crippen LogP contribution in [0.3, 0.4) is 0 Å². The van der Waals surface area contributed by atoms with Crippen molar-refractivity contribution in [2.24, 2.45) is 11.0 Å². The number of para-hydroxylation sites is 1. The second-order valence-electron chi connectivity index (χ2n) is 2.92. The highest BCUT2D eigenvalue weighted by Crippen LogP contribution is 2.23. The van der Waals surface area contributed by atoms with Crippen molar-refractivity contribution in [3.63, 3.8) is 0 Å². The lowest BCUT2D eigenvalue weighted by Gasteiger charge is -2.08. The first-order chi connectivity index (χ1) is 7.31. The van der Waals surface area contributed by atoms with E-state index in [0.717, 1.165) is 6.07 Å². The topological polar surface area (TPSA) is 141 Å². The fraction of sp³-hybridized carbons (Fsp3) is 0. The van der Waals surface area contributed by atoms with E-state index in [1.165, 1.54) is 18.2 Å². The van der Waals surface area contributed by atoms with Crippen LogP contribution in [0, 0.1) is 10.1 Å². The zero-order chi connectivity index (χ0) is 12.3. The normalized spacial score (nSPS) is 10.9. The van der Waals surface area contributed by atoms with E-state index in [1.54, 1.807) is 5.09 Å². The molecule has 0 aromatic heterocycles. The lowest BCUT2D eigenvalue weighted by molar-refractivity contribution is -0.385. The first kappa shape index (κ1) is 12.3. The van der Waals surface area contributed by atoms with Crippen LogP contribution in [0.25, 0.3) is 0 Å². The molecular weight excluding hydrogens is 235 g/mol. The van der Waals surface area contributed by atoms with Gasteiger partial charge in [0.1, 0.15) is 5.56 Å². The number of hydrogen-bond donors (Lipinski definition) is 3. The number of rotatable bonds is 3. The number of nitro benzene ring substituents is 1. The van der Waals surface area contributed by atoms with Crippen LogP contribution < -0.4 is 16.1 Å². The SMILES string of the molecule is NP(N)(=O)NC(=O)c1ccccc1[N+](=O)[O-]. The summed E-state index contributed by atoms with van der Waals surface area (Å²) in [6.45, 7) is 0. The van der Waals surface area contributed by atoms with E-state index in [0.29, 0.717) is 0 Å². The van der Waals surface area contributed by atoms with Gasteiger partial charge in [0.2, 0.25) is 0 Å². The van der Waals surface area contributed by atoms with Gasteiger partial charge < -0.3 is 0 Å². The van der Waals surface area contributed by atoms with E-state index < -0.39 is 24.1 Å². The number of benzene rings is 1. The fourth-order valence-electron chi connectivity index (χ4n) is 1.04. The van der Waals surface area contributed by atoms with Crippen molar-refractivity contribution >= 4 is 19.2 Å². The number of nitro groups is 1. The van der Waals surface area contributed by atoms with Gasteiger partial charge in [-0.1, -0.05) is 12.1 Å². The van der Waals surface area contributed by atoms with Crippen molar-refractivity contribution in [1.82, 2.24) is 5.09 Å². The number of hydrogen-bond acceptors (Lipinski definition) is 4. The summed E-state index contributed by atoms with van der Waals surface area (Å²) in [6.07, 6.45) is 0. The molecule has 5 N–H and O–H groups in total. The van der Waals surface area contributed by atoms with Crippen LogP contribution in [-0.2, 0) is 4.57 Å². The van der Waals surface area contributed by atoms with Gasteiger partial charge in [-0.05, 0) is 6.07 Å². The molecule has 1 rings (SSSR count). The van der Waals surface area contributed by atoms with Crippen molar-refractivity contribution in [3.8, 4) is 0 Å². The molecule has 0 unspecified atom stereocenters. The van der Waals surface area contributed by atoms with Gasteiger partial charge in [-0.2, -0.15) is 0 Å². The highest BCUT2D eigenvalue weighted by molar-refractivity contribution is 7.57. The minimum Gasteiger partial charge on any atom is -0.279 e. The van der Waals surface area contributed by atoms with E-state index in [2.05, 4.69) is 0 Å². The van der Waals surface area contributed by atoms with Gasteiger partial charge in [-0.15, -0.1) is 0 Å². The second-order valence-corrected chi connectivity index (χ2v) is 4.57. The van der Waals surface area contributed by atoms with E-state index in [-0.39, 0.29) is 5.56 Å².